The van der Waals surface area contributed by atoms with Crippen molar-refractivity contribution in [3.63, 3.8) is 0 Å². The van der Waals surface area contributed by atoms with Crippen molar-refractivity contribution in [2.75, 3.05) is 24.3 Å². The van der Waals surface area contributed by atoms with E-state index in [1.807, 2.05) is 24.3 Å². The molecule has 5 rings (SSSR count). The van der Waals surface area contributed by atoms with Gasteiger partial charge in [-0.25, -0.2) is 8.42 Å². The third kappa shape index (κ3) is 4.44. The van der Waals surface area contributed by atoms with Gasteiger partial charge in [-0.2, -0.15) is 0 Å². The number of benzene rings is 3. The lowest BCUT2D eigenvalue weighted by Gasteiger charge is -2.37. The fourth-order valence-corrected chi connectivity index (χ4v) is 6.28. The minimum atomic E-state index is -3.88. The molecule has 0 saturated carbocycles. The van der Waals surface area contributed by atoms with Crippen molar-refractivity contribution in [3.8, 4) is 11.5 Å². The lowest BCUT2D eigenvalue weighted by Crippen LogP contribution is -2.29. The summed E-state index contributed by atoms with van der Waals surface area (Å²) in [6.07, 6.45) is 5.18. The maximum absolute atomic E-state index is 13.3. The van der Waals surface area contributed by atoms with Gasteiger partial charge in [0.15, 0.2) is 0 Å². The first-order valence-electron chi connectivity index (χ1n) is 11.1. The Bertz CT molecular complexity index is 1420. The van der Waals surface area contributed by atoms with Gasteiger partial charge in [0, 0.05) is 17.7 Å². The second-order valence-electron chi connectivity index (χ2n) is 8.57. The molecule has 2 aliphatic rings. The van der Waals surface area contributed by atoms with Crippen LogP contribution in [0.15, 0.2) is 71.6 Å². The van der Waals surface area contributed by atoms with Crippen LogP contribution in [0.25, 0.3) is 0 Å². The Balaban J connectivity index is 1.49. The minimum absolute atomic E-state index is 0.0268. The molecule has 1 aliphatic heterocycles. The van der Waals surface area contributed by atoms with Gasteiger partial charge in [-0.3, -0.25) is 4.72 Å². The molecule has 0 spiro atoms. The molecule has 3 atom stereocenters. The van der Waals surface area contributed by atoms with E-state index in [-0.39, 0.29) is 22.8 Å². The summed E-state index contributed by atoms with van der Waals surface area (Å²) in [4.78, 5) is 0.176. The van der Waals surface area contributed by atoms with Gasteiger partial charge < -0.3 is 14.8 Å². The van der Waals surface area contributed by atoms with Gasteiger partial charge in [0.05, 0.1) is 40.9 Å². The third-order valence-electron chi connectivity index (χ3n) is 6.60. The minimum Gasteiger partial charge on any atom is -0.497 e. The molecule has 1 heterocycles. The average molecular weight is 531 g/mol. The maximum Gasteiger partial charge on any atom is 0.262 e. The molecule has 6 nitrogen and oxygen atoms in total. The normalized spacial score (nSPS) is 20.5. The molecule has 0 bridgehead atoms. The van der Waals surface area contributed by atoms with Gasteiger partial charge in [-0.1, -0.05) is 41.4 Å². The van der Waals surface area contributed by atoms with Crippen molar-refractivity contribution in [2.24, 2.45) is 5.92 Å². The lowest BCUT2D eigenvalue weighted by atomic mass is 9.77. The van der Waals surface area contributed by atoms with Crippen molar-refractivity contribution in [1.82, 2.24) is 0 Å². The van der Waals surface area contributed by atoms with E-state index in [0.29, 0.717) is 27.2 Å². The molecular weight excluding hydrogens is 507 g/mol. The van der Waals surface area contributed by atoms with Crippen molar-refractivity contribution in [3.05, 3.63) is 87.9 Å². The number of fused-ring (bicyclic) bond motifs is 3. The van der Waals surface area contributed by atoms with E-state index in [2.05, 4.69) is 22.2 Å². The highest BCUT2D eigenvalue weighted by atomic mass is 35.5. The highest BCUT2D eigenvalue weighted by Gasteiger charge is 2.38. The van der Waals surface area contributed by atoms with Crippen molar-refractivity contribution in [1.29, 1.82) is 0 Å². The zero-order chi connectivity index (χ0) is 24.7. The van der Waals surface area contributed by atoms with Gasteiger partial charge in [0.1, 0.15) is 11.5 Å². The van der Waals surface area contributed by atoms with E-state index in [4.69, 9.17) is 32.7 Å². The lowest BCUT2D eigenvalue weighted by molar-refractivity contribution is 0.405. The molecule has 0 fully saturated rings. The van der Waals surface area contributed by atoms with Crippen LogP contribution in [0.4, 0.5) is 11.4 Å². The Hall–Kier alpha value is -2.87. The van der Waals surface area contributed by atoms with Crippen molar-refractivity contribution < 1.29 is 17.9 Å². The maximum atomic E-state index is 13.3. The van der Waals surface area contributed by atoms with Crippen LogP contribution >= 0.6 is 23.2 Å². The molecule has 0 unspecified atom stereocenters. The highest BCUT2D eigenvalue weighted by Crippen LogP contribution is 2.50. The zero-order valence-electron chi connectivity index (χ0n) is 19.1. The summed E-state index contributed by atoms with van der Waals surface area (Å²) in [6.45, 7) is 0. The molecule has 182 valence electrons. The van der Waals surface area contributed by atoms with Gasteiger partial charge in [-0.15, -0.1) is 0 Å². The monoisotopic (exact) mass is 530 g/mol. The second kappa shape index (κ2) is 9.30. The Labute approximate surface area is 214 Å². The summed E-state index contributed by atoms with van der Waals surface area (Å²) in [5.41, 5.74) is 3.19. The SMILES string of the molecule is COc1ccc(OC)c(NS(=O)(=O)c2ccc3c(c2)[C@H]2C=CC[C@H]2[C@@H](c2ccc(Cl)c(Cl)c2)N3)c1. The van der Waals surface area contributed by atoms with Gasteiger partial charge in [-0.05, 0) is 65.9 Å². The zero-order valence-corrected chi connectivity index (χ0v) is 21.4. The summed E-state index contributed by atoms with van der Waals surface area (Å²) in [5, 5.41) is 4.63. The first kappa shape index (κ1) is 23.9. The van der Waals surface area contributed by atoms with E-state index in [9.17, 15) is 8.42 Å². The molecule has 0 radical (unpaired) electrons. The molecule has 0 saturated heterocycles. The van der Waals surface area contributed by atoms with Crippen molar-refractivity contribution >= 4 is 44.6 Å². The number of hydrogen-bond donors (Lipinski definition) is 2. The van der Waals surface area contributed by atoms with Crippen LogP contribution in [0, 0.1) is 5.92 Å². The predicted molar refractivity (Wildman–Crippen MR) is 140 cm³/mol. The van der Waals surface area contributed by atoms with E-state index >= 15 is 0 Å². The fourth-order valence-electron chi connectivity index (χ4n) is 4.87. The second-order valence-corrected chi connectivity index (χ2v) is 11.1. The van der Waals surface area contributed by atoms with Crippen molar-refractivity contribution in [2.45, 2.75) is 23.3 Å². The summed E-state index contributed by atoms with van der Waals surface area (Å²) < 4.78 is 39.9. The quantitative estimate of drug-likeness (QED) is 0.349. The van der Waals surface area contributed by atoms with Gasteiger partial charge in [0.25, 0.3) is 10.0 Å². The average Bonchev–Trinajstić information content (AvgIpc) is 3.35. The smallest absolute Gasteiger partial charge is 0.262 e. The first-order valence-corrected chi connectivity index (χ1v) is 13.3. The van der Waals surface area contributed by atoms with Crippen LogP contribution in [0.2, 0.25) is 10.0 Å². The summed E-state index contributed by atoms with van der Waals surface area (Å²) in [5.74, 6) is 1.22. The third-order valence-corrected chi connectivity index (χ3v) is 8.70. The molecule has 3 aromatic carbocycles. The number of nitrogens with one attached hydrogen (secondary N) is 2. The largest absolute Gasteiger partial charge is 0.497 e. The molecule has 1 aliphatic carbocycles. The molecule has 0 aromatic heterocycles. The van der Waals surface area contributed by atoms with E-state index in [1.54, 1.807) is 30.3 Å². The summed E-state index contributed by atoms with van der Waals surface area (Å²) in [7, 11) is -0.870. The van der Waals surface area contributed by atoms with Gasteiger partial charge >= 0.3 is 0 Å². The highest BCUT2D eigenvalue weighted by molar-refractivity contribution is 7.92. The number of hydrogen-bond acceptors (Lipinski definition) is 5. The first-order chi connectivity index (χ1) is 16.8. The molecular formula is C26H24Cl2N2O4S. The number of rotatable bonds is 6. The Morgan fingerprint density at radius 3 is 2.54 bits per heavy atom. The Kier molecular flexibility index (Phi) is 6.34. The molecule has 35 heavy (non-hydrogen) atoms. The molecule has 2 N–H and O–H groups in total. The standard InChI is InChI=1S/C26H24Cl2N2O4S/c1-33-16-7-11-25(34-2)24(13-16)30-35(31,32)17-8-10-23-20(14-17)18-4-3-5-19(18)26(29-23)15-6-9-21(27)22(28)12-15/h3-4,6-14,18-19,26,29-30H,5H2,1-2H3/t18-,19+,26+/m0/s1. The van der Waals surface area contributed by atoms with Crippen LogP contribution in [-0.2, 0) is 10.0 Å². The molecule has 9 heteroatoms. The molecule has 0 amide bonds. The van der Waals surface area contributed by atoms with Crippen LogP contribution in [0.5, 0.6) is 11.5 Å². The number of sulfonamides is 1. The number of methoxy groups -OCH3 is 2. The predicted octanol–water partition coefficient (Wildman–Crippen LogP) is 6.64. The van der Waals surface area contributed by atoms with E-state index in [1.165, 1.54) is 14.2 Å². The Morgan fingerprint density at radius 1 is 0.971 bits per heavy atom. The van der Waals surface area contributed by atoms with E-state index < -0.39 is 10.0 Å². The van der Waals surface area contributed by atoms with Crippen LogP contribution in [0.3, 0.4) is 0 Å². The summed E-state index contributed by atoms with van der Waals surface area (Å²) >= 11 is 12.4. The summed E-state index contributed by atoms with van der Waals surface area (Å²) in [6, 6.07) is 15.8. The van der Waals surface area contributed by atoms with Crippen LogP contribution in [-0.4, -0.2) is 22.6 Å². The van der Waals surface area contributed by atoms with Crippen LogP contribution < -0.4 is 19.5 Å². The van der Waals surface area contributed by atoms with Crippen LogP contribution in [0.1, 0.15) is 29.5 Å². The number of allylic oxidation sites excluding steroid dienone is 2. The topological polar surface area (TPSA) is 76.7 Å². The number of anilines is 2. The molecule has 3 aromatic rings. The Morgan fingerprint density at radius 2 is 1.80 bits per heavy atom. The van der Waals surface area contributed by atoms with E-state index in [0.717, 1.165) is 23.2 Å². The number of halogens is 2. The number of ether oxygens (including phenoxy) is 2. The van der Waals surface area contributed by atoms with Gasteiger partial charge in [0.2, 0.25) is 0 Å². The fraction of sp³-hybridized carbons (Fsp3) is 0.231.